The molecule has 0 saturated heterocycles. The number of hydrogen-bond donors (Lipinski definition) is 0. The number of hydrogen-bond acceptors (Lipinski definition) is 1. The number of fused-ring (bicyclic) bond motifs is 2. The molecule has 0 saturated carbocycles. The Morgan fingerprint density at radius 2 is 1.83 bits per heavy atom. The van der Waals surface area contributed by atoms with Gasteiger partial charge in [-0.3, -0.25) is 4.79 Å². The van der Waals surface area contributed by atoms with Crippen LogP contribution in [-0.2, 0) is 6.42 Å². The Morgan fingerprint density at radius 3 is 2.70 bits per heavy atom. The monoisotopic (exact) mass is 369 g/mol. The van der Waals surface area contributed by atoms with Crippen LogP contribution in [0.5, 0.6) is 0 Å². The number of nitrogens with zero attached hydrogens (tertiary/aromatic N) is 1. The van der Waals surface area contributed by atoms with Gasteiger partial charge in [0.1, 0.15) is 5.82 Å². The molecule has 23 heavy (non-hydrogen) atoms. The highest BCUT2D eigenvalue weighted by atomic mass is 79.9. The van der Waals surface area contributed by atoms with Gasteiger partial charge in [-0.05, 0) is 59.2 Å². The topological polar surface area (TPSA) is 20.3 Å². The van der Waals surface area contributed by atoms with Gasteiger partial charge in [0.15, 0.2) is 0 Å². The van der Waals surface area contributed by atoms with E-state index in [0.29, 0.717) is 17.8 Å². The van der Waals surface area contributed by atoms with Crippen molar-refractivity contribution in [3.05, 3.63) is 76.0 Å². The van der Waals surface area contributed by atoms with E-state index >= 15 is 0 Å². The molecule has 0 atom stereocenters. The summed E-state index contributed by atoms with van der Waals surface area (Å²) in [5, 5.41) is 2.08. The van der Waals surface area contributed by atoms with Crippen LogP contribution in [0, 0.1) is 5.82 Å². The minimum atomic E-state index is -0.314. The van der Waals surface area contributed by atoms with E-state index in [1.54, 1.807) is 11.0 Å². The second kappa shape index (κ2) is 5.46. The fourth-order valence-electron chi connectivity index (χ4n) is 3.07. The molecule has 1 aliphatic heterocycles. The summed E-state index contributed by atoms with van der Waals surface area (Å²) in [4.78, 5) is 14.5. The zero-order valence-corrected chi connectivity index (χ0v) is 13.8. The molecule has 3 aromatic rings. The molecule has 0 aromatic heterocycles. The quantitative estimate of drug-likeness (QED) is 0.594. The molecule has 2 nitrogen and oxygen atoms in total. The van der Waals surface area contributed by atoms with E-state index in [0.717, 1.165) is 27.2 Å². The number of halogens is 2. The van der Waals surface area contributed by atoms with Crippen molar-refractivity contribution in [2.45, 2.75) is 6.42 Å². The zero-order valence-electron chi connectivity index (χ0n) is 12.2. The van der Waals surface area contributed by atoms with Gasteiger partial charge in [-0.15, -0.1) is 0 Å². The average molecular weight is 370 g/mol. The van der Waals surface area contributed by atoms with Gasteiger partial charge in [0.05, 0.1) is 5.69 Å². The highest BCUT2D eigenvalue weighted by Crippen LogP contribution is 2.30. The Labute approximate surface area is 141 Å². The van der Waals surface area contributed by atoms with Gasteiger partial charge in [-0.2, -0.15) is 0 Å². The van der Waals surface area contributed by atoms with Crippen LogP contribution < -0.4 is 4.90 Å². The van der Waals surface area contributed by atoms with Crippen LogP contribution in [0.2, 0.25) is 0 Å². The summed E-state index contributed by atoms with van der Waals surface area (Å²) >= 11 is 3.45. The SMILES string of the molecule is O=C(c1ccc2ccc(Br)cc2c1)N1CCc2ccc(F)cc21. The summed E-state index contributed by atoms with van der Waals surface area (Å²) in [5.41, 5.74) is 2.32. The van der Waals surface area contributed by atoms with Crippen molar-refractivity contribution in [2.75, 3.05) is 11.4 Å². The fourth-order valence-corrected chi connectivity index (χ4v) is 3.45. The third-order valence-electron chi connectivity index (χ3n) is 4.24. The predicted molar refractivity (Wildman–Crippen MR) is 93.4 cm³/mol. The molecule has 0 N–H and O–H groups in total. The van der Waals surface area contributed by atoms with Crippen molar-refractivity contribution in [3.63, 3.8) is 0 Å². The lowest BCUT2D eigenvalue weighted by Crippen LogP contribution is -2.28. The van der Waals surface area contributed by atoms with Crippen molar-refractivity contribution in [1.82, 2.24) is 0 Å². The molecule has 0 spiro atoms. The molecule has 0 aliphatic carbocycles. The van der Waals surface area contributed by atoms with Crippen LogP contribution in [0.4, 0.5) is 10.1 Å². The summed E-state index contributed by atoms with van der Waals surface area (Å²) in [5.74, 6) is -0.401. The largest absolute Gasteiger partial charge is 0.308 e. The van der Waals surface area contributed by atoms with Gasteiger partial charge in [-0.25, -0.2) is 4.39 Å². The second-order valence-electron chi connectivity index (χ2n) is 5.69. The maximum Gasteiger partial charge on any atom is 0.258 e. The predicted octanol–water partition coefficient (Wildman–Crippen LogP) is 4.94. The minimum Gasteiger partial charge on any atom is -0.308 e. The lowest BCUT2D eigenvalue weighted by molar-refractivity contribution is 0.0989. The summed E-state index contributed by atoms with van der Waals surface area (Å²) in [6.07, 6.45) is 0.764. The van der Waals surface area contributed by atoms with Crippen molar-refractivity contribution in [2.24, 2.45) is 0 Å². The maximum atomic E-state index is 13.5. The molecule has 4 rings (SSSR count). The Morgan fingerprint density at radius 1 is 1.00 bits per heavy atom. The Hall–Kier alpha value is -2.20. The minimum absolute atomic E-state index is 0.0868. The van der Waals surface area contributed by atoms with E-state index in [4.69, 9.17) is 0 Å². The van der Waals surface area contributed by atoms with Crippen LogP contribution in [0.25, 0.3) is 10.8 Å². The van der Waals surface area contributed by atoms with Crippen LogP contribution >= 0.6 is 15.9 Å². The first kappa shape index (κ1) is 14.4. The summed E-state index contributed by atoms with van der Waals surface area (Å²) < 4.78 is 14.5. The molecule has 0 radical (unpaired) electrons. The molecule has 1 aliphatic rings. The number of carbonyl (C=O) groups is 1. The first-order valence-corrected chi connectivity index (χ1v) is 8.21. The van der Waals surface area contributed by atoms with Crippen molar-refractivity contribution in [1.29, 1.82) is 0 Å². The third-order valence-corrected chi connectivity index (χ3v) is 4.73. The number of rotatable bonds is 1. The number of benzene rings is 3. The second-order valence-corrected chi connectivity index (χ2v) is 6.60. The van der Waals surface area contributed by atoms with Crippen molar-refractivity contribution < 1.29 is 9.18 Å². The van der Waals surface area contributed by atoms with E-state index in [2.05, 4.69) is 15.9 Å². The summed E-state index contributed by atoms with van der Waals surface area (Å²) in [6, 6.07) is 16.3. The van der Waals surface area contributed by atoms with Gasteiger partial charge in [0, 0.05) is 16.6 Å². The highest BCUT2D eigenvalue weighted by molar-refractivity contribution is 9.10. The molecule has 0 bridgehead atoms. The van der Waals surface area contributed by atoms with Gasteiger partial charge in [-0.1, -0.05) is 34.1 Å². The summed E-state index contributed by atoms with van der Waals surface area (Å²) in [6.45, 7) is 0.591. The molecular formula is C19H13BrFNO. The number of amides is 1. The van der Waals surface area contributed by atoms with Gasteiger partial charge < -0.3 is 4.90 Å². The molecular weight excluding hydrogens is 357 g/mol. The molecule has 0 fully saturated rings. The molecule has 4 heteroatoms. The van der Waals surface area contributed by atoms with E-state index in [1.807, 2.05) is 36.4 Å². The summed E-state index contributed by atoms with van der Waals surface area (Å²) in [7, 11) is 0. The Balaban J connectivity index is 1.74. The van der Waals surface area contributed by atoms with E-state index < -0.39 is 0 Å². The van der Waals surface area contributed by atoms with Gasteiger partial charge >= 0.3 is 0 Å². The van der Waals surface area contributed by atoms with Crippen LogP contribution in [0.1, 0.15) is 15.9 Å². The van der Waals surface area contributed by atoms with Crippen LogP contribution in [0.3, 0.4) is 0 Å². The first-order chi connectivity index (χ1) is 11.1. The van der Waals surface area contributed by atoms with Crippen molar-refractivity contribution in [3.8, 4) is 0 Å². The Kier molecular flexibility index (Phi) is 3.42. The van der Waals surface area contributed by atoms with E-state index in [-0.39, 0.29) is 11.7 Å². The molecule has 0 unspecified atom stereocenters. The van der Waals surface area contributed by atoms with Crippen LogP contribution in [0.15, 0.2) is 59.1 Å². The number of carbonyl (C=O) groups excluding carboxylic acids is 1. The van der Waals surface area contributed by atoms with E-state index in [9.17, 15) is 9.18 Å². The molecule has 114 valence electrons. The molecule has 1 heterocycles. The van der Waals surface area contributed by atoms with Gasteiger partial charge in [0.25, 0.3) is 5.91 Å². The normalized spacial score (nSPS) is 13.4. The maximum absolute atomic E-state index is 13.5. The third kappa shape index (κ3) is 2.53. The number of anilines is 1. The highest BCUT2D eigenvalue weighted by Gasteiger charge is 2.26. The zero-order chi connectivity index (χ0) is 16.0. The molecule has 1 amide bonds. The van der Waals surface area contributed by atoms with E-state index in [1.165, 1.54) is 12.1 Å². The van der Waals surface area contributed by atoms with Crippen LogP contribution in [-0.4, -0.2) is 12.5 Å². The smallest absolute Gasteiger partial charge is 0.258 e. The average Bonchev–Trinajstić information content (AvgIpc) is 2.96. The lowest BCUT2D eigenvalue weighted by atomic mass is 10.1. The first-order valence-electron chi connectivity index (χ1n) is 7.41. The lowest BCUT2D eigenvalue weighted by Gasteiger charge is -2.17. The standard InChI is InChI=1S/C19H13BrFNO/c20-16-5-3-12-1-2-14(9-15(12)10-16)19(23)22-8-7-13-4-6-17(21)11-18(13)22/h1-6,9-11H,7-8H2. The van der Waals surface area contributed by atoms with Crippen molar-refractivity contribution >= 4 is 38.3 Å². The van der Waals surface area contributed by atoms with Gasteiger partial charge in [0.2, 0.25) is 0 Å². The molecule has 3 aromatic carbocycles. The fraction of sp³-hybridized carbons (Fsp3) is 0.105. The Bertz CT molecular complexity index is 938.